The molecule has 1 amide bonds. The van der Waals surface area contributed by atoms with Gasteiger partial charge in [0.05, 0.1) is 23.9 Å². The minimum Gasteiger partial charge on any atom is -0.465 e. The lowest BCUT2D eigenvalue weighted by Crippen LogP contribution is -2.13. The summed E-state index contributed by atoms with van der Waals surface area (Å²) in [5.74, 6) is -0.0652. The van der Waals surface area contributed by atoms with E-state index in [1.807, 2.05) is 19.9 Å². The zero-order valence-corrected chi connectivity index (χ0v) is 14.7. The van der Waals surface area contributed by atoms with Gasteiger partial charge in [-0.15, -0.1) is 0 Å². The molecule has 0 unspecified atom stereocenters. The van der Waals surface area contributed by atoms with Crippen molar-refractivity contribution in [3.05, 3.63) is 71.2 Å². The molecule has 3 aromatic rings. The minimum atomic E-state index is -0.424. The summed E-state index contributed by atoms with van der Waals surface area (Å²) in [4.78, 5) is 28.1. The van der Waals surface area contributed by atoms with Crippen molar-refractivity contribution in [3.63, 3.8) is 0 Å². The maximum absolute atomic E-state index is 12.3. The molecule has 1 aromatic carbocycles. The number of aryl methyl sites for hydroxylation is 2. The molecule has 2 aromatic heterocycles. The third-order valence-corrected chi connectivity index (χ3v) is 3.80. The zero-order chi connectivity index (χ0) is 18.7. The Bertz CT molecular complexity index is 944. The standard InChI is InChI=1S/C19H18N4O3/c1-12-10-13(2)23(22-12)17-9-6-15(11-20-17)18(24)21-16-7-4-14(5-8-16)19(25)26-3/h4-11H,1-3H3,(H,21,24). The summed E-state index contributed by atoms with van der Waals surface area (Å²) in [5, 5.41) is 7.13. The van der Waals surface area contributed by atoms with E-state index in [9.17, 15) is 9.59 Å². The van der Waals surface area contributed by atoms with Crippen LogP contribution in [0.2, 0.25) is 0 Å². The Hall–Kier alpha value is -3.48. The van der Waals surface area contributed by atoms with Crippen LogP contribution in [-0.2, 0) is 4.74 Å². The smallest absolute Gasteiger partial charge is 0.337 e. The van der Waals surface area contributed by atoms with E-state index in [4.69, 9.17) is 0 Å². The molecule has 0 atom stereocenters. The number of amides is 1. The molecular weight excluding hydrogens is 332 g/mol. The second-order valence-electron chi connectivity index (χ2n) is 5.77. The molecule has 0 saturated carbocycles. The van der Waals surface area contributed by atoms with Gasteiger partial charge in [0.25, 0.3) is 5.91 Å². The van der Waals surface area contributed by atoms with Gasteiger partial charge in [0, 0.05) is 17.6 Å². The summed E-state index contributed by atoms with van der Waals surface area (Å²) in [7, 11) is 1.32. The van der Waals surface area contributed by atoms with E-state index in [0.29, 0.717) is 22.6 Å². The largest absolute Gasteiger partial charge is 0.465 e. The monoisotopic (exact) mass is 350 g/mol. The minimum absolute atomic E-state index is 0.289. The number of methoxy groups -OCH3 is 1. The number of ether oxygens (including phenoxy) is 1. The molecule has 0 saturated heterocycles. The van der Waals surface area contributed by atoms with Gasteiger partial charge in [-0.1, -0.05) is 0 Å². The number of carbonyl (C=O) groups excluding carboxylic acids is 2. The zero-order valence-electron chi connectivity index (χ0n) is 14.7. The number of rotatable bonds is 4. The Morgan fingerprint density at radius 3 is 2.27 bits per heavy atom. The van der Waals surface area contributed by atoms with Crippen LogP contribution in [0.1, 0.15) is 32.1 Å². The van der Waals surface area contributed by atoms with Crippen molar-refractivity contribution in [1.29, 1.82) is 0 Å². The van der Waals surface area contributed by atoms with Crippen LogP contribution in [0.4, 0.5) is 5.69 Å². The van der Waals surface area contributed by atoms with E-state index in [1.165, 1.54) is 13.3 Å². The summed E-state index contributed by atoms with van der Waals surface area (Å²) in [6.45, 7) is 3.86. The maximum atomic E-state index is 12.3. The molecule has 0 aliphatic heterocycles. The van der Waals surface area contributed by atoms with E-state index in [0.717, 1.165) is 11.4 Å². The number of esters is 1. The Kier molecular flexibility index (Phi) is 4.79. The molecule has 2 heterocycles. The summed E-state index contributed by atoms with van der Waals surface area (Å²) in [6, 6.07) is 11.9. The molecule has 0 spiro atoms. The number of benzene rings is 1. The molecule has 0 fully saturated rings. The van der Waals surface area contributed by atoms with E-state index >= 15 is 0 Å². The normalized spacial score (nSPS) is 10.4. The molecule has 7 nitrogen and oxygen atoms in total. The first-order valence-electron chi connectivity index (χ1n) is 7.97. The summed E-state index contributed by atoms with van der Waals surface area (Å²) < 4.78 is 6.37. The van der Waals surface area contributed by atoms with Gasteiger partial charge in [-0.2, -0.15) is 5.10 Å². The van der Waals surface area contributed by atoms with Crippen LogP contribution in [0, 0.1) is 13.8 Å². The molecule has 0 aliphatic rings. The third kappa shape index (κ3) is 3.61. The Balaban J connectivity index is 1.72. The van der Waals surface area contributed by atoms with Crippen LogP contribution in [0.25, 0.3) is 5.82 Å². The number of pyridine rings is 1. The van der Waals surface area contributed by atoms with Crippen LogP contribution in [0.15, 0.2) is 48.7 Å². The molecule has 0 bridgehead atoms. The number of aromatic nitrogens is 3. The number of hydrogen-bond acceptors (Lipinski definition) is 5. The first-order valence-corrected chi connectivity index (χ1v) is 7.97. The van der Waals surface area contributed by atoms with Gasteiger partial charge in [0.2, 0.25) is 0 Å². The van der Waals surface area contributed by atoms with Crippen molar-refractivity contribution in [1.82, 2.24) is 14.8 Å². The van der Waals surface area contributed by atoms with E-state index in [-0.39, 0.29) is 5.91 Å². The predicted molar refractivity (Wildman–Crippen MR) is 96.6 cm³/mol. The molecule has 0 aliphatic carbocycles. The first-order chi connectivity index (χ1) is 12.5. The average Bonchev–Trinajstić information content (AvgIpc) is 3.00. The lowest BCUT2D eigenvalue weighted by Gasteiger charge is -2.07. The molecule has 7 heteroatoms. The molecule has 132 valence electrons. The quantitative estimate of drug-likeness (QED) is 0.731. The van der Waals surface area contributed by atoms with Gasteiger partial charge in [-0.25, -0.2) is 14.5 Å². The number of carbonyl (C=O) groups is 2. The maximum Gasteiger partial charge on any atom is 0.337 e. The van der Waals surface area contributed by atoms with Crippen molar-refractivity contribution in [2.24, 2.45) is 0 Å². The highest BCUT2D eigenvalue weighted by molar-refractivity contribution is 6.04. The fourth-order valence-corrected chi connectivity index (χ4v) is 2.52. The fourth-order valence-electron chi connectivity index (χ4n) is 2.52. The van der Waals surface area contributed by atoms with Gasteiger partial charge in [-0.3, -0.25) is 4.79 Å². The van der Waals surface area contributed by atoms with Gasteiger partial charge in [-0.05, 0) is 56.3 Å². The molecule has 26 heavy (non-hydrogen) atoms. The van der Waals surface area contributed by atoms with Crippen LogP contribution >= 0.6 is 0 Å². The van der Waals surface area contributed by atoms with E-state index < -0.39 is 5.97 Å². The lowest BCUT2D eigenvalue weighted by atomic mass is 10.2. The Labute approximate surface area is 150 Å². The molecule has 0 radical (unpaired) electrons. The van der Waals surface area contributed by atoms with Crippen molar-refractivity contribution in [3.8, 4) is 5.82 Å². The highest BCUT2D eigenvalue weighted by Gasteiger charge is 2.10. The highest BCUT2D eigenvalue weighted by atomic mass is 16.5. The van der Waals surface area contributed by atoms with Crippen molar-refractivity contribution in [2.75, 3.05) is 12.4 Å². The molecule has 3 rings (SSSR count). The van der Waals surface area contributed by atoms with Crippen LogP contribution in [0.5, 0.6) is 0 Å². The fraction of sp³-hybridized carbons (Fsp3) is 0.158. The van der Waals surface area contributed by atoms with E-state index in [1.54, 1.807) is 41.1 Å². The van der Waals surface area contributed by atoms with Gasteiger partial charge >= 0.3 is 5.97 Å². The van der Waals surface area contributed by atoms with Gasteiger partial charge < -0.3 is 10.1 Å². The first kappa shape index (κ1) is 17.3. The van der Waals surface area contributed by atoms with Crippen molar-refractivity contribution < 1.29 is 14.3 Å². The molecular formula is C19H18N4O3. The number of hydrogen-bond donors (Lipinski definition) is 1. The van der Waals surface area contributed by atoms with E-state index in [2.05, 4.69) is 20.1 Å². The Morgan fingerprint density at radius 2 is 1.73 bits per heavy atom. The lowest BCUT2D eigenvalue weighted by molar-refractivity contribution is 0.0600. The summed E-state index contributed by atoms with van der Waals surface area (Å²) in [6.07, 6.45) is 1.50. The number of nitrogens with zero attached hydrogens (tertiary/aromatic N) is 3. The average molecular weight is 350 g/mol. The third-order valence-electron chi connectivity index (χ3n) is 3.80. The highest BCUT2D eigenvalue weighted by Crippen LogP contribution is 2.14. The summed E-state index contributed by atoms with van der Waals surface area (Å²) in [5.41, 5.74) is 3.29. The topological polar surface area (TPSA) is 86.1 Å². The van der Waals surface area contributed by atoms with Gasteiger partial charge in [0.1, 0.15) is 0 Å². The molecule has 1 N–H and O–H groups in total. The van der Waals surface area contributed by atoms with Crippen LogP contribution in [-0.4, -0.2) is 33.8 Å². The second-order valence-corrected chi connectivity index (χ2v) is 5.77. The van der Waals surface area contributed by atoms with Crippen LogP contribution < -0.4 is 5.32 Å². The number of nitrogens with one attached hydrogen (secondary N) is 1. The van der Waals surface area contributed by atoms with Crippen molar-refractivity contribution >= 4 is 17.6 Å². The second kappa shape index (κ2) is 7.18. The SMILES string of the molecule is COC(=O)c1ccc(NC(=O)c2ccc(-n3nc(C)cc3C)nc2)cc1. The number of anilines is 1. The predicted octanol–water partition coefficient (Wildman–Crippen LogP) is 2.92. The van der Waals surface area contributed by atoms with Crippen LogP contribution in [0.3, 0.4) is 0 Å². The Morgan fingerprint density at radius 1 is 1.04 bits per heavy atom. The van der Waals surface area contributed by atoms with Gasteiger partial charge in [0.15, 0.2) is 5.82 Å². The summed E-state index contributed by atoms with van der Waals surface area (Å²) >= 11 is 0. The van der Waals surface area contributed by atoms with Crippen molar-refractivity contribution in [2.45, 2.75) is 13.8 Å².